The molecule has 3 heteroatoms. The van der Waals surface area contributed by atoms with E-state index in [1.165, 1.54) is 19.4 Å². The third kappa shape index (κ3) is 3.71. The van der Waals surface area contributed by atoms with Crippen molar-refractivity contribution in [3.8, 4) is 11.8 Å². The van der Waals surface area contributed by atoms with Crippen LogP contribution in [0, 0.1) is 11.3 Å². The number of nitrogens with zero attached hydrogens (tertiary/aromatic N) is 2. The smallest absolute Gasteiger partial charge is 0.120 e. The summed E-state index contributed by atoms with van der Waals surface area (Å²) in [5.74, 6) is 0.791. The lowest BCUT2D eigenvalue weighted by atomic mass is 10.0. The summed E-state index contributed by atoms with van der Waals surface area (Å²) in [6, 6.07) is 9.47. The molecule has 19 heavy (non-hydrogen) atoms. The van der Waals surface area contributed by atoms with Gasteiger partial charge in [0.15, 0.2) is 0 Å². The number of rotatable bonds is 5. The van der Waals surface area contributed by atoms with Gasteiger partial charge in [-0.05, 0) is 57.9 Å². The van der Waals surface area contributed by atoms with Crippen LogP contribution in [0.25, 0.3) is 0 Å². The van der Waals surface area contributed by atoms with Crippen molar-refractivity contribution in [1.82, 2.24) is 4.90 Å². The molecule has 0 radical (unpaired) electrons. The van der Waals surface area contributed by atoms with Crippen LogP contribution < -0.4 is 4.74 Å². The normalized spacial score (nSPS) is 18.2. The molecule has 1 heterocycles. The van der Waals surface area contributed by atoms with Crippen LogP contribution in [0.3, 0.4) is 0 Å². The minimum atomic E-state index is 0.348. The first kappa shape index (κ1) is 13.9. The zero-order valence-corrected chi connectivity index (χ0v) is 11.9. The second-order valence-electron chi connectivity index (χ2n) is 5.74. The first-order chi connectivity index (χ1) is 9.12. The molecule has 1 aliphatic heterocycles. The zero-order chi connectivity index (χ0) is 13.7. The van der Waals surface area contributed by atoms with Crippen molar-refractivity contribution in [2.24, 2.45) is 0 Å². The first-order valence-corrected chi connectivity index (χ1v) is 7.00. The van der Waals surface area contributed by atoms with Gasteiger partial charge in [-0.25, -0.2) is 0 Å². The molecule has 0 spiro atoms. The summed E-state index contributed by atoms with van der Waals surface area (Å²) in [7, 11) is 0. The third-order valence-electron chi connectivity index (χ3n) is 3.88. The van der Waals surface area contributed by atoms with E-state index in [4.69, 9.17) is 10.00 Å². The van der Waals surface area contributed by atoms with E-state index < -0.39 is 0 Å². The lowest BCUT2D eigenvalue weighted by molar-refractivity contribution is 0.160. The summed E-state index contributed by atoms with van der Waals surface area (Å²) in [6.07, 6.45) is 3.62. The van der Waals surface area contributed by atoms with Gasteiger partial charge in [0.2, 0.25) is 0 Å². The fourth-order valence-electron chi connectivity index (χ4n) is 2.68. The highest BCUT2D eigenvalue weighted by molar-refractivity contribution is 5.36. The molecule has 0 unspecified atom stereocenters. The largest absolute Gasteiger partial charge is 0.494 e. The molecule has 0 saturated carbocycles. The average molecular weight is 258 g/mol. The predicted molar refractivity (Wildman–Crippen MR) is 76.2 cm³/mol. The molecule has 1 aromatic carbocycles. The Bertz CT molecular complexity index is 462. The molecular weight excluding hydrogens is 236 g/mol. The van der Waals surface area contributed by atoms with Crippen LogP contribution >= 0.6 is 0 Å². The average Bonchev–Trinajstić information content (AvgIpc) is 2.74. The van der Waals surface area contributed by atoms with E-state index in [1.54, 1.807) is 12.1 Å². The Balaban J connectivity index is 1.73. The molecule has 2 rings (SSSR count). The number of hydrogen-bond acceptors (Lipinski definition) is 3. The van der Waals surface area contributed by atoms with Crippen molar-refractivity contribution in [2.75, 3.05) is 19.7 Å². The minimum absolute atomic E-state index is 0.348. The van der Waals surface area contributed by atoms with E-state index in [0.717, 1.165) is 18.7 Å². The van der Waals surface area contributed by atoms with Crippen LogP contribution in [0.1, 0.15) is 38.7 Å². The Kier molecular flexibility index (Phi) is 4.44. The second kappa shape index (κ2) is 6.08. The highest BCUT2D eigenvalue weighted by Gasteiger charge is 2.30. The summed E-state index contributed by atoms with van der Waals surface area (Å²) < 4.78 is 5.70. The first-order valence-electron chi connectivity index (χ1n) is 7.00. The fourth-order valence-corrected chi connectivity index (χ4v) is 2.68. The van der Waals surface area contributed by atoms with Gasteiger partial charge in [-0.15, -0.1) is 0 Å². The molecule has 3 nitrogen and oxygen atoms in total. The SMILES string of the molecule is CC1(C)CCCN1CCCOc1cccc(C#N)c1. The van der Waals surface area contributed by atoms with Crippen LogP contribution in [0.2, 0.25) is 0 Å². The molecule has 1 saturated heterocycles. The quantitative estimate of drug-likeness (QED) is 0.761. The molecule has 0 bridgehead atoms. The van der Waals surface area contributed by atoms with Gasteiger partial charge in [0.05, 0.1) is 18.2 Å². The van der Waals surface area contributed by atoms with Crippen molar-refractivity contribution in [2.45, 2.75) is 38.6 Å². The Labute approximate surface area is 115 Å². The van der Waals surface area contributed by atoms with Crippen LogP contribution in [0.4, 0.5) is 0 Å². The molecule has 0 amide bonds. The molecule has 1 fully saturated rings. The van der Waals surface area contributed by atoms with E-state index in [-0.39, 0.29) is 0 Å². The highest BCUT2D eigenvalue weighted by atomic mass is 16.5. The van der Waals surface area contributed by atoms with Gasteiger partial charge in [0.1, 0.15) is 5.75 Å². The molecule has 102 valence electrons. The summed E-state index contributed by atoms with van der Waals surface area (Å²) in [5.41, 5.74) is 0.999. The monoisotopic (exact) mass is 258 g/mol. The van der Waals surface area contributed by atoms with Gasteiger partial charge in [0, 0.05) is 12.1 Å². The minimum Gasteiger partial charge on any atom is -0.494 e. The van der Waals surface area contributed by atoms with Crippen molar-refractivity contribution in [3.63, 3.8) is 0 Å². The molecule has 0 atom stereocenters. The van der Waals surface area contributed by atoms with E-state index in [9.17, 15) is 0 Å². The second-order valence-corrected chi connectivity index (χ2v) is 5.74. The van der Waals surface area contributed by atoms with Crippen LogP contribution in [-0.4, -0.2) is 30.1 Å². The summed E-state index contributed by atoms with van der Waals surface area (Å²) in [6.45, 7) is 7.64. The maximum atomic E-state index is 8.82. The molecule has 0 N–H and O–H groups in total. The summed E-state index contributed by atoms with van der Waals surface area (Å²) >= 11 is 0. The lowest BCUT2D eigenvalue weighted by Crippen LogP contribution is -2.39. The van der Waals surface area contributed by atoms with Gasteiger partial charge in [-0.3, -0.25) is 4.90 Å². The summed E-state index contributed by atoms with van der Waals surface area (Å²) in [5, 5.41) is 8.82. The van der Waals surface area contributed by atoms with Crippen LogP contribution in [-0.2, 0) is 0 Å². The van der Waals surface area contributed by atoms with Gasteiger partial charge >= 0.3 is 0 Å². The van der Waals surface area contributed by atoms with Crippen molar-refractivity contribution in [3.05, 3.63) is 29.8 Å². The maximum absolute atomic E-state index is 8.82. The van der Waals surface area contributed by atoms with Crippen molar-refractivity contribution >= 4 is 0 Å². The van der Waals surface area contributed by atoms with Crippen molar-refractivity contribution in [1.29, 1.82) is 5.26 Å². The van der Waals surface area contributed by atoms with E-state index in [1.807, 2.05) is 12.1 Å². The number of likely N-dealkylation sites (tertiary alicyclic amines) is 1. The Morgan fingerprint density at radius 2 is 2.26 bits per heavy atom. The Morgan fingerprint density at radius 3 is 2.95 bits per heavy atom. The van der Waals surface area contributed by atoms with Crippen molar-refractivity contribution < 1.29 is 4.74 Å². The van der Waals surface area contributed by atoms with E-state index in [2.05, 4.69) is 24.8 Å². The molecule has 0 aliphatic carbocycles. The number of nitriles is 1. The molecule has 1 aliphatic rings. The zero-order valence-electron chi connectivity index (χ0n) is 11.9. The fraction of sp³-hybridized carbons (Fsp3) is 0.562. The standard InChI is InChI=1S/C16H22N2O/c1-16(2)8-4-9-18(16)10-5-11-19-15-7-3-6-14(12-15)13-17/h3,6-7,12H,4-5,8-11H2,1-2H3. The van der Waals surface area contributed by atoms with E-state index in [0.29, 0.717) is 17.7 Å². The van der Waals surface area contributed by atoms with Gasteiger partial charge in [-0.1, -0.05) is 6.07 Å². The van der Waals surface area contributed by atoms with Gasteiger partial charge in [-0.2, -0.15) is 5.26 Å². The number of ether oxygens (including phenoxy) is 1. The number of hydrogen-bond donors (Lipinski definition) is 0. The Hall–Kier alpha value is -1.53. The predicted octanol–water partition coefficient (Wildman–Crippen LogP) is 3.20. The molecule has 0 aromatic heterocycles. The Morgan fingerprint density at radius 1 is 1.42 bits per heavy atom. The highest BCUT2D eigenvalue weighted by Crippen LogP contribution is 2.27. The lowest BCUT2D eigenvalue weighted by Gasteiger charge is -2.31. The topological polar surface area (TPSA) is 36.3 Å². The van der Waals surface area contributed by atoms with Crippen LogP contribution in [0.5, 0.6) is 5.75 Å². The van der Waals surface area contributed by atoms with E-state index >= 15 is 0 Å². The summed E-state index contributed by atoms with van der Waals surface area (Å²) in [4.78, 5) is 2.54. The van der Waals surface area contributed by atoms with Crippen LogP contribution in [0.15, 0.2) is 24.3 Å². The molecular formula is C16H22N2O. The third-order valence-corrected chi connectivity index (χ3v) is 3.88. The maximum Gasteiger partial charge on any atom is 0.120 e. The van der Waals surface area contributed by atoms with Gasteiger partial charge in [0.25, 0.3) is 0 Å². The molecule has 1 aromatic rings. The van der Waals surface area contributed by atoms with Gasteiger partial charge < -0.3 is 4.74 Å². The number of benzene rings is 1.